The predicted molar refractivity (Wildman–Crippen MR) is 73.3 cm³/mol. The van der Waals surface area contributed by atoms with Crippen LogP contribution < -0.4 is 5.73 Å². The molecule has 1 fully saturated rings. The number of hydrogen-bond donors (Lipinski definition) is 2. The zero-order valence-corrected chi connectivity index (χ0v) is 11.4. The van der Waals surface area contributed by atoms with Crippen molar-refractivity contribution in [2.45, 2.75) is 35.8 Å². The van der Waals surface area contributed by atoms with Crippen molar-refractivity contribution < 1.29 is 0 Å². The van der Waals surface area contributed by atoms with Crippen LogP contribution in [0.2, 0.25) is 0 Å². The Morgan fingerprint density at radius 3 is 2.69 bits per heavy atom. The summed E-state index contributed by atoms with van der Waals surface area (Å²) in [6, 6.07) is 6.01. The van der Waals surface area contributed by atoms with Crippen molar-refractivity contribution in [1.82, 2.24) is 0 Å². The Balaban J connectivity index is 2.21. The molecule has 1 aliphatic rings. The quantitative estimate of drug-likeness (QED) is 0.659. The van der Waals surface area contributed by atoms with Crippen molar-refractivity contribution in [3.05, 3.63) is 28.2 Å². The Morgan fingerprint density at radius 2 is 2.06 bits per heavy atom. The molecule has 3 N–H and O–H groups in total. The zero-order valence-electron chi connectivity index (χ0n) is 9.00. The van der Waals surface area contributed by atoms with Crippen molar-refractivity contribution in [3.63, 3.8) is 0 Å². The van der Waals surface area contributed by atoms with E-state index in [0.29, 0.717) is 5.25 Å². The minimum absolute atomic E-state index is 0.154. The maximum absolute atomic E-state index is 7.59. The monoisotopic (exact) mass is 298 g/mol. The van der Waals surface area contributed by atoms with Gasteiger partial charge in [-0.2, -0.15) is 0 Å². The van der Waals surface area contributed by atoms with Gasteiger partial charge in [0.25, 0.3) is 0 Å². The fraction of sp³-hybridized carbons (Fsp3) is 0.417. The highest BCUT2D eigenvalue weighted by atomic mass is 79.9. The van der Waals surface area contributed by atoms with E-state index in [1.807, 2.05) is 23.9 Å². The van der Waals surface area contributed by atoms with Crippen LogP contribution in [-0.4, -0.2) is 11.1 Å². The van der Waals surface area contributed by atoms with Gasteiger partial charge in [0.1, 0.15) is 5.84 Å². The number of rotatable bonds is 3. The minimum Gasteiger partial charge on any atom is -0.384 e. The highest BCUT2D eigenvalue weighted by Crippen LogP contribution is 2.36. The van der Waals surface area contributed by atoms with Crippen LogP contribution in [0.5, 0.6) is 0 Å². The Labute approximate surface area is 109 Å². The van der Waals surface area contributed by atoms with E-state index >= 15 is 0 Å². The lowest BCUT2D eigenvalue weighted by atomic mass is 10.2. The summed E-state index contributed by atoms with van der Waals surface area (Å²) in [5.41, 5.74) is 6.46. The third-order valence-electron chi connectivity index (χ3n) is 2.83. The van der Waals surface area contributed by atoms with E-state index in [0.717, 1.165) is 14.9 Å². The van der Waals surface area contributed by atoms with E-state index in [2.05, 4.69) is 22.0 Å². The molecule has 0 amide bonds. The SMILES string of the molecule is N=C(N)c1cc(Br)ccc1SC1CCCC1. The maximum Gasteiger partial charge on any atom is 0.123 e. The molecule has 0 bridgehead atoms. The molecule has 2 nitrogen and oxygen atoms in total. The van der Waals surface area contributed by atoms with Gasteiger partial charge in [-0.05, 0) is 31.0 Å². The number of hydrogen-bond acceptors (Lipinski definition) is 2. The van der Waals surface area contributed by atoms with Gasteiger partial charge in [-0.25, -0.2) is 0 Å². The van der Waals surface area contributed by atoms with Crippen LogP contribution in [-0.2, 0) is 0 Å². The second-order valence-electron chi connectivity index (χ2n) is 4.08. The number of nitrogens with one attached hydrogen (secondary N) is 1. The highest BCUT2D eigenvalue weighted by Gasteiger charge is 2.18. The number of halogens is 1. The molecule has 0 heterocycles. The number of nitrogen functional groups attached to an aromatic ring is 1. The standard InChI is InChI=1S/C12H15BrN2S/c13-8-5-6-11(10(7-8)12(14)15)16-9-3-1-2-4-9/h5-7,9H,1-4H2,(H3,14,15). The molecular formula is C12H15BrN2S. The van der Waals surface area contributed by atoms with Gasteiger partial charge in [-0.15, -0.1) is 11.8 Å². The highest BCUT2D eigenvalue weighted by molar-refractivity contribution is 9.10. The van der Waals surface area contributed by atoms with E-state index < -0.39 is 0 Å². The smallest absolute Gasteiger partial charge is 0.123 e. The first-order valence-corrected chi connectivity index (χ1v) is 7.14. The summed E-state index contributed by atoms with van der Waals surface area (Å²) in [6.45, 7) is 0. The average Bonchev–Trinajstić information content (AvgIpc) is 2.73. The largest absolute Gasteiger partial charge is 0.384 e. The van der Waals surface area contributed by atoms with Crippen molar-refractivity contribution in [2.75, 3.05) is 0 Å². The molecule has 2 rings (SSSR count). The third kappa shape index (κ3) is 2.80. The minimum atomic E-state index is 0.154. The van der Waals surface area contributed by atoms with Gasteiger partial charge < -0.3 is 5.73 Å². The van der Waals surface area contributed by atoms with Crippen LogP contribution in [0.25, 0.3) is 0 Å². The molecule has 16 heavy (non-hydrogen) atoms. The molecule has 0 aromatic heterocycles. The summed E-state index contributed by atoms with van der Waals surface area (Å²) < 4.78 is 0.980. The number of amidine groups is 1. The molecule has 86 valence electrons. The van der Waals surface area contributed by atoms with Gasteiger partial charge >= 0.3 is 0 Å². The van der Waals surface area contributed by atoms with Crippen molar-refractivity contribution in [3.8, 4) is 0 Å². The topological polar surface area (TPSA) is 49.9 Å². The molecule has 1 aromatic carbocycles. The molecular weight excluding hydrogens is 284 g/mol. The van der Waals surface area contributed by atoms with Gasteiger partial charge in [0.15, 0.2) is 0 Å². The molecule has 1 aliphatic carbocycles. The van der Waals surface area contributed by atoms with E-state index in [4.69, 9.17) is 11.1 Å². The molecule has 0 aliphatic heterocycles. The van der Waals surface area contributed by atoms with Crippen LogP contribution in [0.3, 0.4) is 0 Å². The van der Waals surface area contributed by atoms with E-state index in [1.165, 1.54) is 25.7 Å². The lowest BCUT2D eigenvalue weighted by Gasteiger charge is -2.12. The number of thioether (sulfide) groups is 1. The molecule has 0 spiro atoms. The second kappa shape index (κ2) is 5.23. The fourth-order valence-electron chi connectivity index (χ4n) is 2.00. The van der Waals surface area contributed by atoms with Crippen LogP contribution in [0.1, 0.15) is 31.2 Å². The van der Waals surface area contributed by atoms with E-state index in [9.17, 15) is 0 Å². The van der Waals surface area contributed by atoms with Crippen molar-refractivity contribution >= 4 is 33.5 Å². The first kappa shape index (κ1) is 12.0. The van der Waals surface area contributed by atoms with Crippen LogP contribution in [0.4, 0.5) is 0 Å². The van der Waals surface area contributed by atoms with Crippen LogP contribution in [0.15, 0.2) is 27.6 Å². The zero-order chi connectivity index (χ0) is 11.5. The summed E-state index contributed by atoms with van der Waals surface area (Å²) in [4.78, 5) is 1.14. The summed E-state index contributed by atoms with van der Waals surface area (Å²) >= 11 is 5.29. The van der Waals surface area contributed by atoms with E-state index in [-0.39, 0.29) is 5.84 Å². The fourth-order valence-corrected chi connectivity index (χ4v) is 3.73. The van der Waals surface area contributed by atoms with E-state index in [1.54, 1.807) is 0 Å². The normalized spacial score (nSPS) is 16.6. The van der Waals surface area contributed by atoms with Crippen LogP contribution >= 0.6 is 27.7 Å². The second-order valence-corrected chi connectivity index (χ2v) is 6.34. The molecule has 1 aromatic rings. The molecule has 0 unspecified atom stereocenters. The summed E-state index contributed by atoms with van der Waals surface area (Å²) in [6.07, 6.45) is 5.25. The van der Waals surface area contributed by atoms with Crippen molar-refractivity contribution in [1.29, 1.82) is 5.41 Å². The number of benzene rings is 1. The Bertz CT molecular complexity index is 400. The Kier molecular flexibility index (Phi) is 3.92. The molecule has 0 atom stereocenters. The van der Waals surface area contributed by atoms with Gasteiger partial charge in [0.05, 0.1) is 0 Å². The lowest BCUT2D eigenvalue weighted by Crippen LogP contribution is -2.13. The first-order valence-electron chi connectivity index (χ1n) is 5.47. The van der Waals surface area contributed by atoms with Gasteiger partial charge in [0, 0.05) is 20.2 Å². The molecule has 1 saturated carbocycles. The first-order chi connectivity index (χ1) is 7.66. The number of nitrogens with two attached hydrogens (primary N) is 1. The summed E-state index contributed by atoms with van der Waals surface area (Å²) in [5, 5.41) is 8.30. The molecule has 0 radical (unpaired) electrons. The summed E-state index contributed by atoms with van der Waals surface area (Å²) in [5.74, 6) is 0.154. The van der Waals surface area contributed by atoms with Crippen molar-refractivity contribution in [2.24, 2.45) is 5.73 Å². The Hall–Kier alpha value is -0.480. The van der Waals surface area contributed by atoms with Gasteiger partial charge in [-0.3, -0.25) is 5.41 Å². The lowest BCUT2D eigenvalue weighted by molar-refractivity contribution is 0.886. The molecule has 4 heteroatoms. The van der Waals surface area contributed by atoms with Gasteiger partial charge in [0.2, 0.25) is 0 Å². The predicted octanol–water partition coefficient (Wildman–Crippen LogP) is 3.77. The summed E-state index contributed by atoms with van der Waals surface area (Å²) in [7, 11) is 0. The maximum atomic E-state index is 7.59. The van der Waals surface area contributed by atoms with Gasteiger partial charge in [-0.1, -0.05) is 28.8 Å². The Morgan fingerprint density at radius 1 is 1.38 bits per heavy atom. The molecule has 0 saturated heterocycles. The average molecular weight is 299 g/mol. The third-order valence-corrected chi connectivity index (χ3v) is 4.74. The van der Waals surface area contributed by atoms with Crippen LogP contribution in [0, 0.1) is 5.41 Å².